The van der Waals surface area contributed by atoms with Gasteiger partial charge >= 0.3 is 5.97 Å². The molecule has 0 bridgehead atoms. The van der Waals surface area contributed by atoms with Crippen LogP contribution >= 0.6 is 11.3 Å². The van der Waals surface area contributed by atoms with Crippen LogP contribution in [0.1, 0.15) is 52.4 Å². The summed E-state index contributed by atoms with van der Waals surface area (Å²) in [6, 6.07) is 0. The van der Waals surface area contributed by atoms with Crippen LogP contribution in [0.25, 0.3) is 10.2 Å². The van der Waals surface area contributed by atoms with E-state index in [1.165, 1.54) is 0 Å². The fourth-order valence-corrected chi connectivity index (χ4v) is 3.41. The molecule has 18 heavy (non-hydrogen) atoms. The van der Waals surface area contributed by atoms with Crippen LogP contribution in [0.2, 0.25) is 0 Å². The highest BCUT2D eigenvalue weighted by Crippen LogP contribution is 2.40. The van der Waals surface area contributed by atoms with Crippen LogP contribution in [-0.4, -0.2) is 21.0 Å². The molecule has 0 spiro atoms. The lowest BCUT2D eigenvalue weighted by atomic mass is 10.1. The number of carboxylic acids is 1. The summed E-state index contributed by atoms with van der Waals surface area (Å²) in [5.74, 6) is 0.139. The van der Waals surface area contributed by atoms with Gasteiger partial charge in [-0.15, -0.1) is 11.3 Å². The molecule has 1 fully saturated rings. The van der Waals surface area contributed by atoms with E-state index >= 15 is 0 Å². The lowest BCUT2D eigenvalue weighted by molar-refractivity contribution is 0.0692. The van der Waals surface area contributed by atoms with Gasteiger partial charge in [0.1, 0.15) is 10.7 Å². The number of aryl methyl sites for hydroxylation is 2. The Hall–Kier alpha value is -1.49. The predicted octanol–water partition coefficient (Wildman–Crippen LogP) is 3.14. The van der Waals surface area contributed by atoms with Crippen molar-refractivity contribution in [2.75, 3.05) is 0 Å². The summed E-state index contributed by atoms with van der Waals surface area (Å²) in [6.45, 7) is 4.06. The smallest absolute Gasteiger partial charge is 0.355 e. The first-order valence-electron chi connectivity index (χ1n) is 6.15. The van der Waals surface area contributed by atoms with Crippen molar-refractivity contribution in [1.29, 1.82) is 0 Å². The average molecular weight is 262 g/mol. The highest BCUT2D eigenvalue weighted by atomic mass is 32.1. The molecule has 0 aliphatic heterocycles. The Morgan fingerprint density at radius 1 is 1.44 bits per heavy atom. The Labute approximate surface area is 109 Å². The van der Waals surface area contributed by atoms with Crippen LogP contribution in [-0.2, 0) is 6.42 Å². The van der Waals surface area contributed by atoms with Crippen LogP contribution in [0.5, 0.6) is 0 Å². The number of thiophene rings is 1. The van der Waals surface area contributed by atoms with E-state index in [4.69, 9.17) is 0 Å². The third-order valence-corrected chi connectivity index (χ3v) is 4.41. The standard InChI is InChI=1S/C13H14N2O2S/c1-3-8-6(2)18-12-9(8)10(13(16)17)14-11(15-12)7-4-5-7/h7H,3-5H2,1-2H3,(H,16,17). The summed E-state index contributed by atoms with van der Waals surface area (Å²) in [6.07, 6.45) is 2.98. The van der Waals surface area contributed by atoms with E-state index in [2.05, 4.69) is 9.97 Å². The van der Waals surface area contributed by atoms with Crippen LogP contribution in [0, 0.1) is 6.92 Å². The van der Waals surface area contributed by atoms with Gasteiger partial charge in [0.2, 0.25) is 0 Å². The van der Waals surface area contributed by atoms with Crippen molar-refractivity contribution in [3.05, 3.63) is 22.0 Å². The molecule has 0 unspecified atom stereocenters. The number of hydrogen-bond acceptors (Lipinski definition) is 4. The second-order valence-corrected chi connectivity index (χ2v) is 5.88. The number of fused-ring (bicyclic) bond motifs is 1. The summed E-state index contributed by atoms with van der Waals surface area (Å²) in [5, 5.41) is 10.1. The lowest BCUT2D eigenvalue weighted by Crippen LogP contribution is -2.06. The molecule has 0 aromatic carbocycles. The second kappa shape index (κ2) is 4.02. The number of aromatic nitrogens is 2. The third kappa shape index (κ3) is 1.70. The minimum atomic E-state index is -0.947. The van der Waals surface area contributed by atoms with Crippen molar-refractivity contribution < 1.29 is 9.90 Å². The van der Waals surface area contributed by atoms with Gasteiger partial charge < -0.3 is 5.11 Å². The SMILES string of the molecule is CCc1c(C)sc2nc(C3CC3)nc(C(=O)O)c12. The summed E-state index contributed by atoms with van der Waals surface area (Å²) >= 11 is 1.58. The Morgan fingerprint density at radius 2 is 2.17 bits per heavy atom. The quantitative estimate of drug-likeness (QED) is 0.923. The Balaban J connectivity index is 2.33. The van der Waals surface area contributed by atoms with Crippen LogP contribution in [0.15, 0.2) is 0 Å². The van der Waals surface area contributed by atoms with E-state index in [0.717, 1.165) is 39.9 Å². The molecular formula is C13H14N2O2S. The highest BCUT2D eigenvalue weighted by molar-refractivity contribution is 7.18. The molecule has 2 aromatic heterocycles. The highest BCUT2D eigenvalue weighted by Gasteiger charge is 2.29. The fourth-order valence-electron chi connectivity index (χ4n) is 2.29. The predicted molar refractivity (Wildman–Crippen MR) is 70.5 cm³/mol. The molecule has 0 atom stereocenters. The zero-order valence-corrected chi connectivity index (χ0v) is 11.2. The maximum Gasteiger partial charge on any atom is 0.355 e. The van der Waals surface area contributed by atoms with Gasteiger partial charge in [0.25, 0.3) is 0 Å². The van der Waals surface area contributed by atoms with Crippen molar-refractivity contribution in [2.45, 2.75) is 39.0 Å². The molecule has 5 heteroatoms. The second-order valence-electron chi connectivity index (χ2n) is 4.68. The number of hydrogen-bond donors (Lipinski definition) is 1. The third-order valence-electron chi connectivity index (χ3n) is 3.37. The molecule has 94 valence electrons. The average Bonchev–Trinajstić information content (AvgIpc) is 3.11. The van der Waals surface area contributed by atoms with E-state index in [1.807, 2.05) is 13.8 Å². The van der Waals surface area contributed by atoms with Gasteiger partial charge in [-0.25, -0.2) is 14.8 Å². The Bertz CT molecular complexity index is 644. The Morgan fingerprint density at radius 3 is 2.72 bits per heavy atom. The van der Waals surface area contributed by atoms with Gasteiger partial charge in [0, 0.05) is 16.2 Å². The monoisotopic (exact) mass is 262 g/mol. The molecule has 3 rings (SSSR count). The maximum absolute atomic E-state index is 11.4. The van der Waals surface area contributed by atoms with E-state index in [9.17, 15) is 9.90 Å². The van der Waals surface area contributed by atoms with Crippen molar-refractivity contribution in [2.24, 2.45) is 0 Å². The van der Waals surface area contributed by atoms with E-state index in [0.29, 0.717) is 11.7 Å². The summed E-state index contributed by atoms with van der Waals surface area (Å²) in [5.41, 5.74) is 1.26. The van der Waals surface area contributed by atoms with Gasteiger partial charge in [-0.3, -0.25) is 0 Å². The molecule has 2 heterocycles. The topological polar surface area (TPSA) is 63.1 Å². The molecule has 1 aliphatic rings. The zero-order valence-electron chi connectivity index (χ0n) is 10.4. The number of carbonyl (C=O) groups is 1. The fraction of sp³-hybridized carbons (Fsp3) is 0.462. The first-order chi connectivity index (χ1) is 8.61. The lowest BCUT2D eigenvalue weighted by Gasteiger charge is -2.03. The summed E-state index contributed by atoms with van der Waals surface area (Å²) in [7, 11) is 0. The van der Waals surface area contributed by atoms with Crippen molar-refractivity contribution in [3.8, 4) is 0 Å². The Kier molecular flexibility index (Phi) is 2.59. The van der Waals surface area contributed by atoms with Gasteiger partial charge in [-0.05, 0) is 31.7 Å². The van der Waals surface area contributed by atoms with Crippen molar-refractivity contribution in [3.63, 3.8) is 0 Å². The summed E-state index contributed by atoms with van der Waals surface area (Å²) in [4.78, 5) is 22.2. The van der Waals surface area contributed by atoms with Gasteiger partial charge in [-0.1, -0.05) is 6.92 Å². The van der Waals surface area contributed by atoms with Crippen LogP contribution < -0.4 is 0 Å². The molecule has 0 saturated heterocycles. The zero-order chi connectivity index (χ0) is 12.9. The molecule has 0 radical (unpaired) electrons. The number of carboxylic acid groups (broad SMARTS) is 1. The normalized spacial score (nSPS) is 15.2. The van der Waals surface area contributed by atoms with Crippen molar-refractivity contribution in [1.82, 2.24) is 9.97 Å². The van der Waals surface area contributed by atoms with E-state index < -0.39 is 5.97 Å². The van der Waals surface area contributed by atoms with Gasteiger partial charge in [0.15, 0.2) is 5.69 Å². The first-order valence-corrected chi connectivity index (χ1v) is 6.96. The number of rotatable bonds is 3. The van der Waals surface area contributed by atoms with Gasteiger partial charge in [-0.2, -0.15) is 0 Å². The van der Waals surface area contributed by atoms with Crippen LogP contribution in [0.3, 0.4) is 0 Å². The van der Waals surface area contributed by atoms with Gasteiger partial charge in [0.05, 0.1) is 0 Å². The minimum absolute atomic E-state index is 0.183. The number of nitrogens with zero attached hydrogens (tertiary/aromatic N) is 2. The molecular weight excluding hydrogens is 248 g/mol. The van der Waals surface area contributed by atoms with Crippen LogP contribution in [0.4, 0.5) is 0 Å². The molecule has 2 aromatic rings. The molecule has 1 saturated carbocycles. The minimum Gasteiger partial charge on any atom is -0.476 e. The van der Waals surface area contributed by atoms with E-state index in [1.54, 1.807) is 11.3 Å². The van der Waals surface area contributed by atoms with Crippen molar-refractivity contribution >= 4 is 27.5 Å². The molecule has 1 aliphatic carbocycles. The molecule has 1 N–H and O–H groups in total. The first kappa shape index (κ1) is 11.6. The molecule has 0 amide bonds. The summed E-state index contributed by atoms with van der Waals surface area (Å²) < 4.78 is 0. The van der Waals surface area contributed by atoms with E-state index in [-0.39, 0.29) is 5.69 Å². The number of aromatic carboxylic acids is 1. The molecule has 4 nitrogen and oxygen atoms in total. The largest absolute Gasteiger partial charge is 0.476 e. The maximum atomic E-state index is 11.4.